The second-order valence-electron chi connectivity index (χ2n) is 7.43. The average molecular weight is 377 g/mol. The van der Waals surface area contributed by atoms with Crippen LogP contribution in [-0.4, -0.2) is 14.1 Å². The third-order valence-electron chi connectivity index (χ3n) is 4.63. The number of rotatable bonds is 7. The molecule has 2 nitrogen and oxygen atoms in total. The number of ether oxygens (including phenoxy) is 1. The van der Waals surface area contributed by atoms with Gasteiger partial charge in [0, 0.05) is 30.5 Å². The predicted octanol–water partition coefficient (Wildman–Crippen LogP) is 5.57. The summed E-state index contributed by atoms with van der Waals surface area (Å²) in [5.74, 6) is 0.973. The van der Waals surface area contributed by atoms with E-state index in [0.29, 0.717) is 15.2 Å². The summed E-state index contributed by atoms with van der Waals surface area (Å²) in [5.41, 5.74) is 3.73. The Kier molecular flexibility index (Phi) is 6.19. The number of benzene rings is 3. The van der Waals surface area contributed by atoms with Crippen LogP contribution in [0.25, 0.3) is 0 Å². The molecule has 0 radical (unpaired) electrons. The Morgan fingerprint density at radius 2 is 1.44 bits per heavy atom. The van der Waals surface area contributed by atoms with E-state index in [4.69, 9.17) is 4.74 Å². The van der Waals surface area contributed by atoms with E-state index < -0.39 is 0 Å². The molecule has 0 bridgehead atoms. The topological polar surface area (TPSA) is 12.5 Å². The van der Waals surface area contributed by atoms with Gasteiger partial charge in [0.1, 0.15) is 12.4 Å². The average Bonchev–Trinajstić information content (AvgIpc) is 2.67. The van der Waals surface area contributed by atoms with Crippen LogP contribution in [0.1, 0.15) is 25.0 Å². The lowest BCUT2D eigenvalue weighted by Crippen LogP contribution is -2.21. The summed E-state index contributed by atoms with van der Waals surface area (Å²) in [6.45, 7) is 5.20. The van der Waals surface area contributed by atoms with Crippen molar-refractivity contribution in [2.24, 2.45) is 0 Å². The van der Waals surface area contributed by atoms with E-state index in [-0.39, 0.29) is 5.16 Å². The normalized spacial score (nSPS) is 11.7. The van der Waals surface area contributed by atoms with Gasteiger partial charge in [-0.2, -0.15) is 0 Å². The van der Waals surface area contributed by atoms with Crippen LogP contribution in [0.3, 0.4) is 0 Å². The molecule has 1 atom stereocenters. The van der Waals surface area contributed by atoms with Crippen molar-refractivity contribution in [3.05, 3.63) is 90.0 Å². The van der Waals surface area contributed by atoms with Gasteiger partial charge in [0.15, 0.2) is 0 Å². The van der Waals surface area contributed by atoms with Crippen LogP contribution in [0.5, 0.6) is 5.75 Å². The maximum absolute atomic E-state index is 6.22. The summed E-state index contributed by atoms with van der Waals surface area (Å²) in [6, 6.07) is 27.4. The zero-order chi connectivity index (χ0) is 19.3. The Morgan fingerprint density at radius 3 is 2.19 bits per heavy atom. The van der Waals surface area contributed by atoms with E-state index in [0.717, 1.165) is 5.75 Å². The molecular formula is C24H28NOP. The van der Waals surface area contributed by atoms with E-state index in [1.165, 1.54) is 22.1 Å². The van der Waals surface area contributed by atoms with Crippen LogP contribution in [0.2, 0.25) is 0 Å². The molecule has 0 amide bonds. The molecule has 0 fully saturated rings. The smallest absolute Gasteiger partial charge is 0.123 e. The summed E-state index contributed by atoms with van der Waals surface area (Å²) in [4.78, 5) is 2.19. The van der Waals surface area contributed by atoms with Gasteiger partial charge < -0.3 is 9.64 Å². The molecule has 0 saturated carbocycles. The quantitative estimate of drug-likeness (QED) is 0.499. The van der Waals surface area contributed by atoms with Crippen molar-refractivity contribution in [3.63, 3.8) is 0 Å². The van der Waals surface area contributed by atoms with Crippen molar-refractivity contribution < 1.29 is 4.74 Å². The second-order valence-corrected chi connectivity index (χ2v) is 9.47. The molecule has 0 aromatic heterocycles. The molecule has 0 N–H and O–H groups in total. The lowest BCUT2D eigenvalue weighted by molar-refractivity contribution is 0.301. The Bertz CT molecular complexity index is 874. The van der Waals surface area contributed by atoms with E-state index in [9.17, 15) is 0 Å². The fourth-order valence-electron chi connectivity index (χ4n) is 3.22. The van der Waals surface area contributed by atoms with E-state index >= 15 is 0 Å². The van der Waals surface area contributed by atoms with Gasteiger partial charge in [-0.15, -0.1) is 0 Å². The molecule has 0 spiro atoms. The highest BCUT2D eigenvalue weighted by Gasteiger charge is 2.26. The third kappa shape index (κ3) is 4.90. The molecule has 140 valence electrons. The maximum Gasteiger partial charge on any atom is 0.123 e. The fourth-order valence-corrected chi connectivity index (χ4v) is 4.85. The van der Waals surface area contributed by atoms with Gasteiger partial charge in [-0.1, -0.05) is 89.2 Å². The standard InChI is InChI=1S/C24H28NOP/c1-24(2,27-23-17-11-9-15-21(23)25(3)4)20-14-8-10-16-22(20)26-18-19-12-6-5-7-13-19/h5-17,27H,18H2,1-4H3. The minimum atomic E-state index is -0.0145. The molecule has 0 aliphatic rings. The van der Waals surface area contributed by atoms with Gasteiger partial charge >= 0.3 is 0 Å². The van der Waals surface area contributed by atoms with Crippen molar-refractivity contribution in [1.29, 1.82) is 0 Å². The first-order valence-corrected chi connectivity index (χ1v) is 10.3. The van der Waals surface area contributed by atoms with Crippen LogP contribution < -0.4 is 14.9 Å². The van der Waals surface area contributed by atoms with Gasteiger partial charge in [0.25, 0.3) is 0 Å². The summed E-state index contributed by atoms with van der Waals surface area (Å²) in [5, 5.41) is 1.37. The van der Waals surface area contributed by atoms with Gasteiger partial charge in [-0.3, -0.25) is 0 Å². The Morgan fingerprint density at radius 1 is 0.815 bits per heavy atom. The Balaban J connectivity index is 1.84. The van der Waals surface area contributed by atoms with Crippen LogP contribution in [0.15, 0.2) is 78.9 Å². The zero-order valence-electron chi connectivity index (χ0n) is 16.6. The molecule has 27 heavy (non-hydrogen) atoms. The monoisotopic (exact) mass is 377 g/mol. The molecule has 0 aliphatic heterocycles. The number of hydrogen-bond donors (Lipinski definition) is 0. The molecule has 1 unspecified atom stereocenters. The second kappa shape index (κ2) is 8.59. The number of nitrogens with zero attached hydrogens (tertiary/aromatic N) is 1. The van der Waals surface area contributed by atoms with Gasteiger partial charge in [-0.25, -0.2) is 0 Å². The van der Waals surface area contributed by atoms with Gasteiger partial charge in [0.05, 0.1) is 0 Å². The lowest BCUT2D eigenvalue weighted by Gasteiger charge is -2.29. The molecule has 3 heteroatoms. The van der Waals surface area contributed by atoms with Crippen LogP contribution in [0.4, 0.5) is 5.69 Å². The fraction of sp³-hybridized carbons (Fsp3) is 0.250. The van der Waals surface area contributed by atoms with Crippen LogP contribution >= 0.6 is 8.58 Å². The number of hydrogen-bond acceptors (Lipinski definition) is 2. The minimum Gasteiger partial charge on any atom is -0.489 e. The molecule has 0 saturated heterocycles. The van der Waals surface area contributed by atoms with Crippen molar-refractivity contribution in [3.8, 4) is 5.75 Å². The first-order chi connectivity index (χ1) is 13.0. The SMILES string of the molecule is CN(C)c1ccccc1PC(C)(C)c1ccccc1OCc1ccccc1. The number of para-hydroxylation sites is 2. The predicted molar refractivity (Wildman–Crippen MR) is 119 cm³/mol. The van der Waals surface area contributed by atoms with Crippen molar-refractivity contribution in [2.45, 2.75) is 25.6 Å². The van der Waals surface area contributed by atoms with Crippen molar-refractivity contribution in [2.75, 3.05) is 19.0 Å². The van der Waals surface area contributed by atoms with Crippen LogP contribution in [0, 0.1) is 0 Å². The highest BCUT2D eigenvalue weighted by molar-refractivity contribution is 7.49. The summed E-state index contributed by atoms with van der Waals surface area (Å²) in [6.07, 6.45) is 0. The lowest BCUT2D eigenvalue weighted by atomic mass is 10.0. The van der Waals surface area contributed by atoms with E-state index in [1.54, 1.807) is 0 Å². The molecule has 3 rings (SSSR count). The summed E-state index contributed by atoms with van der Waals surface area (Å²) in [7, 11) is 4.85. The molecular weight excluding hydrogens is 349 g/mol. The third-order valence-corrected chi connectivity index (χ3v) is 6.22. The molecule has 0 aliphatic carbocycles. The molecule has 0 heterocycles. The summed E-state index contributed by atoms with van der Waals surface area (Å²) >= 11 is 0. The molecule has 3 aromatic carbocycles. The van der Waals surface area contributed by atoms with Crippen molar-refractivity contribution in [1.82, 2.24) is 0 Å². The van der Waals surface area contributed by atoms with Crippen LogP contribution in [-0.2, 0) is 11.8 Å². The first kappa shape index (κ1) is 19.5. The maximum atomic E-state index is 6.22. The summed E-state index contributed by atoms with van der Waals surface area (Å²) < 4.78 is 6.22. The molecule has 3 aromatic rings. The van der Waals surface area contributed by atoms with Gasteiger partial charge in [-0.05, 0) is 23.0 Å². The highest BCUT2D eigenvalue weighted by atomic mass is 31.1. The Hall–Kier alpha value is -2.31. The van der Waals surface area contributed by atoms with Gasteiger partial charge in [0.2, 0.25) is 0 Å². The van der Waals surface area contributed by atoms with E-state index in [2.05, 4.69) is 93.5 Å². The Labute approximate surface area is 165 Å². The van der Waals surface area contributed by atoms with Crippen molar-refractivity contribution >= 4 is 19.6 Å². The highest BCUT2D eigenvalue weighted by Crippen LogP contribution is 2.45. The van der Waals surface area contributed by atoms with E-state index in [1.807, 2.05) is 18.2 Å². The number of anilines is 1. The first-order valence-electron chi connectivity index (χ1n) is 9.28. The zero-order valence-corrected chi connectivity index (χ0v) is 17.6. The minimum absolute atomic E-state index is 0.0145. The largest absolute Gasteiger partial charge is 0.489 e.